The van der Waals surface area contributed by atoms with Gasteiger partial charge in [-0.1, -0.05) is 34.1 Å². The summed E-state index contributed by atoms with van der Waals surface area (Å²) in [4.78, 5) is 8.95. The Kier molecular flexibility index (Phi) is 5.85. The summed E-state index contributed by atoms with van der Waals surface area (Å²) in [6.45, 7) is 11.1. The molecular formula is C16H29N3S. The number of hydrogen-bond donors (Lipinski definition) is 1. The van der Waals surface area contributed by atoms with E-state index in [2.05, 4.69) is 37.9 Å². The van der Waals surface area contributed by atoms with E-state index in [-0.39, 0.29) is 0 Å². The van der Waals surface area contributed by atoms with Crippen molar-refractivity contribution in [3.05, 3.63) is 10.6 Å². The Bertz CT molecular complexity index is 414. The Labute approximate surface area is 127 Å². The van der Waals surface area contributed by atoms with Gasteiger partial charge < -0.3 is 10.2 Å². The third-order valence-corrected chi connectivity index (χ3v) is 5.15. The first kappa shape index (κ1) is 15.8. The van der Waals surface area contributed by atoms with Crippen molar-refractivity contribution in [2.45, 2.75) is 78.4 Å². The topological polar surface area (TPSA) is 28.2 Å². The molecule has 1 fully saturated rings. The van der Waals surface area contributed by atoms with Gasteiger partial charge in [-0.05, 0) is 25.7 Å². The SMILES string of the molecule is CCCc1nc(N2CCCC2CC)sc1CNC(C)C. The van der Waals surface area contributed by atoms with E-state index in [1.54, 1.807) is 0 Å². The molecule has 1 aliphatic rings. The Hall–Kier alpha value is -0.610. The predicted octanol–water partition coefficient (Wildman–Crippen LogP) is 3.97. The molecule has 4 heteroatoms. The zero-order valence-electron chi connectivity index (χ0n) is 13.4. The zero-order valence-corrected chi connectivity index (χ0v) is 14.2. The van der Waals surface area contributed by atoms with Crippen LogP contribution < -0.4 is 10.2 Å². The van der Waals surface area contributed by atoms with Crippen molar-refractivity contribution in [3.63, 3.8) is 0 Å². The fourth-order valence-corrected chi connectivity index (χ4v) is 4.03. The summed E-state index contributed by atoms with van der Waals surface area (Å²) >= 11 is 1.91. The second-order valence-electron chi connectivity index (χ2n) is 6.05. The minimum atomic E-state index is 0.533. The van der Waals surface area contributed by atoms with Crippen LogP contribution in [-0.2, 0) is 13.0 Å². The van der Waals surface area contributed by atoms with Gasteiger partial charge in [-0.3, -0.25) is 0 Å². The molecule has 1 aromatic heterocycles. The molecule has 1 unspecified atom stereocenters. The van der Waals surface area contributed by atoms with Crippen LogP contribution in [0.15, 0.2) is 0 Å². The molecule has 2 heterocycles. The summed E-state index contributed by atoms with van der Waals surface area (Å²) in [5.74, 6) is 0. The van der Waals surface area contributed by atoms with E-state index in [4.69, 9.17) is 4.98 Å². The lowest BCUT2D eigenvalue weighted by Gasteiger charge is -2.22. The lowest BCUT2D eigenvalue weighted by molar-refractivity contribution is 0.589. The highest BCUT2D eigenvalue weighted by molar-refractivity contribution is 7.15. The van der Waals surface area contributed by atoms with Crippen LogP contribution in [-0.4, -0.2) is 23.6 Å². The predicted molar refractivity (Wildman–Crippen MR) is 88.7 cm³/mol. The van der Waals surface area contributed by atoms with Crippen molar-refractivity contribution in [1.29, 1.82) is 0 Å². The van der Waals surface area contributed by atoms with E-state index in [1.807, 2.05) is 11.3 Å². The molecule has 1 aromatic rings. The fraction of sp³-hybridized carbons (Fsp3) is 0.812. The van der Waals surface area contributed by atoms with Crippen molar-refractivity contribution >= 4 is 16.5 Å². The first-order valence-electron chi connectivity index (χ1n) is 8.14. The highest BCUT2D eigenvalue weighted by Crippen LogP contribution is 2.33. The normalized spacial score (nSPS) is 19.2. The first-order valence-corrected chi connectivity index (χ1v) is 8.95. The van der Waals surface area contributed by atoms with E-state index in [0.29, 0.717) is 12.1 Å². The average Bonchev–Trinajstić information content (AvgIpc) is 3.02. The molecule has 1 N–H and O–H groups in total. The van der Waals surface area contributed by atoms with Crippen LogP contribution in [0.25, 0.3) is 0 Å². The first-order chi connectivity index (χ1) is 9.65. The number of nitrogens with one attached hydrogen (secondary N) is 1. The number of anilines is 1. The van der Waals surface area contributed by atoms with Crippen LogP contribution in [0, 0.1) is 0 Å². The minimum absolute atomic E-state index is 0.533. The fourth-order valence-electron chi connectivity index (χ4n) is 2.87. The maximum absolute atomic E-state index is 4.96. The molecule has 0 bridgehead atoms. The molecule has 2 rings (SSSR count). The molecule has 1 atom stereocenters. The van der Waals surface area contributed by atoms with Crippen LogP contribution in [0.1, 0.15) is 63.9 Å². The standard InChI is InChI=1S/C16H29N3S/c1-5-8-14-15(11-17-12(3)4)20-16(18-14)19-10-7-9-13(19)6-2/h12-13,17H,5-11H2,1-4H3. The van der Waals surface area contributed by atoms with Gasteiger partial charge in [0.05, 0.1) is 5.69 Å². The summed E-state index contributed by atoms with van der Waals surface area (Å²) in [5, 5.41) is 4.80. The largest absolute Gasteiger partial charge is 0.345 e. The second kappa shape index (κ2) is 7.41. The smallest absolute Gasteiger partial charge is 0.186 e. The lowest BCUT2D eigenvalue weighted by Crippen LogP contribution is -2.28. The summed E-state index contributed by atoms with van der Waals surface area (Å²) in [6, 6.07) is 1.24. The molecule has 1 aliphatic heterocycles. The van der Waals surface area contributed by atoms with E-state index in [9.17, 15) is 0 Å². The number of aromatic nitrogens is 1. The van der Waals surface area contributed by atoms with Crippen molar-refractivity contribution in [2.24, 2.45) is 0 Å². The molecule has 0 spiro atoms. The van der Waals surface area contributed by atoms with Gasteiger partial charge in [-0.25, -0.2) is 4.98 Å². The van der Waals surface area contributed by atoms with E-state index < -0.39 is 0 Å². The van der Waals surface area contributed by atoms with Crippen molar-refractivity contribution in [3.8, 4) is 0 Å². The Balaban J connectivity index is 2.15. The van der Waals surface area contributed by atoms with Gasteiger partial charge in [0.1, 0.15) is 0 Å². The Morgan fingerprint density at radius 3 is 2.85 bits per heavy atom. The molecule has 20 heavy (non-hydrogen) atoms. The quantitative estimate of drug-likeness (QED) is 0.825. The average molecular weight is 295 g/mol. The van der Waals surface area contributed by atoms with E-state index in [0.717, 1.165) is 13.0 Å². The number of hydrogen-bond acceptors (Lipinski definition) is 4. The zero-order chi connectivity index (χ0) is 14.5. The van der Waals surface area contributed by atoms with Gasteiger partial charge >= 0.3 is 0 Å². The molecule has 0 aromatic carbocycles. The van der Waals surface area contributed by atoms with Crippen LogP contribution >= 0.6 is 11.3 Å². The van der Waals surface area contributed by atoms with Crippen LogP contribution in [0.5, 0.6) is 0 Å². The number of aryl methyl sites for hydroxylation is 1. The van der Waals surface area contributed by atoms with Gasteiger partial charge in [-0.15, -0.1) is 11.3 Å². The molecule has 1 saturated heterocycles. The number of nitrogens with zero attached hydrogens (tertiary/aromatic N) is 2. The number of thiazole rings is 1. The van der Waals surface area contributed by atoms with Gasteiger partial charge in [-0.2, -0.15) is 0 Å². The summed E-state index contributed by atoms with van der Waals surface area (Å²) < 4.78 is 0. The Morgan fingerprint density at radius 2 is 2.20 bits per heavy atom. The van der Waals surface area contributed by atoms with Crippen LogP contribution in [0.4, 0.5) is 5.13 Å². The summed E-state index contributed by atoms with van der Waals surface area (Å²) in [6.07, 6.45) is 6.17. The van der Waals surface area contributed by atoms with Crippen LogP contribution in [0.2, 0.25) is 0 Å². The molecule has 0 aliphatic carbocycles. The summed E-state index contributed by atoms with van der Waals surface area (Å²) in [7, 11) is 0. The van der Waals surface area contributed by atoms with Gasteiger partial charge in [0.2, 0.25) is 0 Å². The minimum Gasteiger partial charge on any atom is -0.345 e. The molecular weight excluding hydrogens is 266 g/mol. The highest BCUT2D eigenvalue weighted by atomic mass is 32.1. The molecule has 0 saturated carbocycles. The van der Waals surface area contributed by atoms with Gasteiger partial charge in [0, 0.05) is 30.1 Å². The van der Waals surface area contributed by atoms with Gasteiger partial charge in [0.25, 0.3) is 0 Å². The molecule has 0 amide bonds. The molecule has 3 nitrogen and oxygen atoms in total. The highest BCUT2D eigenvalue weighted by Gasteiger charge is 2.26. The molecule has 114 valence electrons. The van der Waals surface area contributed by atoms with E-state index >= 15 is 0 Å². The maximum atomic E-state index is 4.96. The third-order valence-electron chi connectivity index (χ3n) is 4.02. The number of rotatable bonds is 7. The second-order valence-corrected chi connectivity index (χ2v) is 7.11. The van der Waals surface area contributed by atoms with Crippen LogP contribution in [0.3, 0.4) is 0 Å². The van der Waals surface area contributed by atoms with Crippen molar-refractivity contribution in [2.75, 3.05) is 11.4 Å². The lowest BCUT2D eigenvalue weighted by atomic mass is 10.2. The van der Waals surface area contributed by atoms with Gasteiger partial charge in [0.15, 0.2) is 5.13 Å². The molecule has 0 radical (unpaired) electrons. The summed E-state index contributed by atoms with van der Waals surface area (Å²) in [5.41, 5.74) is 1.32. The third kappa shape index (κ3) is 3.73. The maximum Gasteiger partial charge on any atom is 0.186 e. The van der Waals surface area contributed by atoms with Crippen molar-refractivity contribution < 1.29 is 0 Å². The van der Waals surface area contributed by atoms with E-state index in [1.165, 1.54) is 47.9 Å². The Morgan fingerprint density at radius 1 is 1.40 bits per heavy atom. The monoisotopic (exact) mass is 295 g/mol. The van der Waals surface area contributed by atoms with Crippen molar-refractivity contribution in [1.82, 2.24) is 10.3 Å².